The van der Waals surface area contributed by atoms with E-state index in [1.807, 2.05) is 43.5 Å². The summed E-state index contributed by atoms with van der Waals surface area (Å²) < 4.78 is 0. The summed E-state index contributed by atoms with van der Waals surface area (Å²) in [7, 11) is 2.28. The second kappa shape index (κ2) is 12.4. The average Bonchev–Trinajstić information content (AvgIpc) is 2.94. The fourth-order valence-corrected chi connectivity index (χ4v) is 5.39. The third-order valence-electron chi connectivity index (χ3n) is 7.36. The molecule has 1 aliphatic rings. The largest absolute Gasteiger partial charge is 0.371 e. The molecular weight excluding hydrogens is 482 g/mol. The molecular formula is C32H39N7. The molecule has 0 N–H and O–H groups in total. The molecule has 0 bridgehead atoms. The normalized spacial score (nSPS) is 14.4. The van der Waals surface area contributed by atoms with Crippen molar-refractivity contribution in [1.29, 1.82) is 0 Å². The lowest BCUT2D eigenvalue weighted by molar-refractivity contribution is 0.188. The van der Waals surface area contributed by atoms with Gasteiger partial charge in [-0.05, 0) is 74.7 Å². The number of rotatable bonds is 9. The SMILES string of the molecule is Cc1cccc(-c2nccc(Cc3ccnc(Cc4ccc(N5CCC(N(C)CC(C)C)CC5)cc4)n3)n2)n1. The molecule has 7 heteroatoms. The number of aryl methyl sites for hydroxylation is 1. The van der Waals surface area contributed by atoms with Crippen LogP contribution in [-0.4, -0.2) is 62.5 Å². The highest BCUT2D eigenvalue weighted by Crippen LogP contribution is 2.23. The van der Waals surface area contributed by atoms with Crippen LogP contribution >= 0.6 is 0 Å². The van der Waals surface area contributed by atoms with Gasteiger partial charge in [-0.3, -0.25) is 0 Å². The van der Waals surface area contributed by atoms with Crippen molar-refractivity contribution in [2.75, 3.05) is 31.6 Å². The molecule has 4 aromatic rings. The minimum absolute atomic E-state index is 0.623. The second-order valence-corrected chi connectivity index (χ2v) is 11.1. The van der Waals surface area contributed by atoms with Gasteiger partial charge in [0.15, 0.2) is 5.82 Å². The average molecular weight is 522 g/mol. The van der Waals surface area contributed by atoms with Gasteiger partial charge < -0.3 is 9.80 Å². The van der Waals surface area contributed by atoms with Crippen molar-refractivity contribution >= 4 is 5.69 Å². The number of benzene rings is 1. The monoisotopic (exact) mass is 521 g/mol. The van der Waals surface area contributed by atoms with Gasteiger partial charge in [0.25, 0.3) is 0 Å². The molecule has 0 spiro atoms. The summed E-state index contributed by atoms with van der Waals surface area (Å²) in [5, 5.41) is 0. The first-order valence-electron chi connectivity index (χ1n) is 14.0. The highest BCUT2D eigenvalue weighted by Gasteiger charge is 2.23. The Labute approximate surface area is 232 Å². The standard InChI is InChI=1S/C32H39N7/c1-23(2)22-38(4)28-14-18-39(19-15-28)29-10-8-25(9-11-29)20-31-33-16-12-26(36-31)21-27-13-17-34-32(37-27)30-7-5-6-24(3)35-30/h5-13,16-17,23,28H,14-15,18-22H2,1-4H3. The van der Waals surface area contributed by atoms with Crippen LogP contribution in [0.4, 0.5) is 5.69 Å². The molecule has 1 fully saturated rings. The van der Waals surface area contributed by atoms with E-state index in [0.717, 1.165) is 41.7 Å². The van der Waals surface area contributed by atoms with E-state index in [2.05, 4.69) is 69.9 Å². The van der Waals surface area contributed by atoms with Gasteiger partial charge in [-0.25, -0.2) is 24.9 Å². The first kappa shape index (κ1) is 26.9. The second-order valence-electron chi connectivity index (χ2n) is 11.1. The lowest BCUT2D eigenvalue weighted by Crippen LogP contribution is -2.44. The Kier molecular flexibility index (Phi) is 8.57. The van der Waals surface area contributed by atoms with E-state index in [1.54, 1.807) is 6.20 Å². The summed E-state index contributed by atoms with van der Waals surface area (Å²) in [6.07, 6.45) is 7.41. The van der Waals surface area contributed by atoms with Crippen molar-refractivity contribution in [3.63, 3.8) is 0 Å². The quantitative estimate of drug-likeness (QED) is 0.293. The van der Waals surface area contributed by atoms with Crippen molar-refractivity contribution in [3.05, 3.63) is 95.5 Å². The number of hydrogen-bond acceptors (Lipinski definition) is 7. The minimum Gasteiger partial charge on any atom is -0.371 e. The Hall–Kier alpha value is -3.71. The van der Waals surface area contributed by atoms with Gasteiger partial charge >= 0.3 is 0 Å². The molecule has 1 aliphatic heterocycles. The Balaban J connectivity index is 1.19. The van der Waals surface area contributed by atoms with Crippen LogP contribution in [0.15, 0.2) is 67.0 Å². The number of aromatic nitrogens is 5. The summed E-state index contributed by atoms with van der Waals surface area (Å²) in [4.78, 5) is 28.1. The third kappa shape index (κ3) is 7.24. The van der Waals surface area contributed by atoms with Crippen molar-refractivity contribution in [1.82, 2.24) is 29.8 Å². The first-order chi connectivity index (χ1) is 18.9. The maximum atomic E-state index is 4.84. The van der Waals surface area contributed by atoms with Gasteiger partial charge in [0.1, 0.15) is 11.5 Å². The number of pyridine rings is 1. The van der Waals surface area contributed by atoms with Crippen LogP contribution in [0.25, 0.3) is 11.5 Å². The van der Waals surface area contributed by atoms with E-state index < -0.39 is 0 Å². The molecule has 7 nitrogen and oxygen atoms in total. The molecule has 0 aliphatic carbocycles. The van der Waals surface area contributed by atoms with Crippen LogP contribution in [0, 0.1) is 12.8 Å². The van der Waals surface area contributed by atoms with E-state index in [0.29, 0.717) is 30.6 Å². The summed E-state index contributed by atoms with van der Waals surface area (Å²) in [6, 6.07) is 19.4. The van der Waals surface area contributed by atoms with Gasteiger partial charge in [0.2, 0.25) is 0 Å². The third-order valence-corrected chi connectivity index (χ3v) is 7.36. The smallest absolute Gasteiger partial charge is 0.178 e. The van der Waals surface area contributed by atoms with E-state index in [9.17, 15) is 0 Å². The molecule has 39 heavy (non-hydrogen) atoms. The Morgan fingerprint density at radius 3 is 2.28 bits per heavy atom. The summed E-state index contributed by atoms with van der Waals surface area (Å²) in [5.41, 5.74) is 6.12. The zero-order chi connectivity index (χ0) is 27.2. The van der Waals surface area contributed by atoms with Crippen molar-refractivity contribution in [2.45, 2.75) is 52.5 Å². The highest BCUT2D eigenvalue weighted by atomic mass is 15.2. The highest BCUT2D eigenvalue weighted by molar-refractivity contribution is 5.49. The van der Waals surface area contributed by atoms with Crippen molar-refractivity contribution < 1.29 is 0 Å². The fourth-order valence-electron chi connectivity index (χ4n) is 5.39. The van der Waals surface area contributed by atoms with Gasteiger partial charge in [0, 0.05) is 62.3 Å². The van der Waals surface area contributed by atoms with Gasteiger partial charge in [-0.2, -0.15) is 0 Å². The van der Waals surface area contributed by atoms with Crippen molar-refractivity contribution in [2.24, 2.45) is 5.92 Å². The number of nitrogens with zero attached hydrogens (tertiary/aromatic N) is 7. The molecule has 4 heterocycles. The number of hydrogen-bond donors (Lipinski definition) is 0. The Morgan fingerprint density at radius 2 is 1.56 bits per heavy atom. The van der Waals surface area contributed by atoms with Crippen molar-refractivity contribution in [3.8, 4) is 11.5 Å². The molecule has 5 rings (SSSR count). The molecule has 3 aromatic heterocycles. The first-order valence-corrected chi connectivity index (χ1v) is 14.0. The van der Waals surface area contributed by atoms with Crippen LogP contribution in [0.5, 0.6) is 0 Å². The van der Waals surface area contributed by atoms with Crippen LogP contribution < -0.4 is 4.90 Å². The Bertz CT molecular complexity index is 1360. The predicted octanol–water partition coefficient (Wildman–Crippen LogP) is 5.38. The maximum Gasteiger partial charge on any atom is 0.178 e. The van der Waals surface area contributed by atoms with E-state index in [1.165, 1.54) is 30.6 Å². The lowest BCUT2D eigenvalue weighted by atomic mass is 10.0. The molecule has 0 atom stereocenters. The van der Waals surface area contributed by atoms with Crippen LogP contribution in [0.2, 0.25) is 0 Å². The van der Waals surface area contributed by atoms with Gasteiger partial charge in [-0.15, -0.1) is 0 Å². The Morgan fingerprint density at radius 1 is 0.846 bits per heavy atom. The number of piperidine rings is 1. The van der Waals surface area contributed by atoms with E-state index >= 15 is 0 Å². The molecule has 202 valence electrons. The predicted molar refractivity (Wildman–Crippen MR) is 157 cm³/mol. The zero-order valence-electron chi connectivity index (χ0n) is 23.6. The zero-order valence-corrected chi connectivity index (χ0v) is 23.6. The molecule has 0 unspecified atom stereocenters. The summed E-state index contributed by atoms with van der Waals surface area (Å²) in [5.74, 6) is 2.17. The van der Waals surface area contributed by atoms with E-state index in [4.69, 9.17) is 9.97 Å². The molecule has 0 radical (unpaired) electrons. The molecule has 1 aromatic carbocycles. The van der Waals surface area contributed by atoms with Gasteiger partial charge in [-0.1, -0.05) is 32.0 Å². The summed E-state index contributed by atoms with van der Waals surface area (Å²) in [6.45, 7) is 9.97. The van der Waals surface area contributed by atoms with Gasteiger partial charge in [0.05, 0.1) is 11.4 Å². The minimum atomic E-state index is 0.623. The molecule has 0 amide bonds. The lowest BCUT2D eigenvalue weighted by Gasteiger charge is -2.38. The molecule has 1 saturated heterocycles. The van der Waals surface area contributed by atoms with Crippen LogP contribution in [0.3, 0.4) is 0 Å². The fraction of sp³-hybridized carbons (Fsp3) is 0.406. The summed E-state index contributed by atoms with van der Waals surface area (Å²) >= 11 is 0. The molecule has 0 saturated carbocycles. The maximum absolute atomic E-state index is 4.84. The topological polar surface area (TPSA) is 70.9 Å². The van der Waals surface area contributed by atoms with Crippen LogP contribution in [0.1, 0.15) is 55.2 Å². The van der Waals surface area contributed by atoms with E-state index in [-0.39, 0.29) is 0 Å². The van der Waals surface area contributed by atoms with Crippen LogP contribution in [-0.2, 0) is 12.8 Å². The number of anilines is 1.